The third-order valence-electron chi connectivity index (χ3n) is 5.69. The van der Waals surface area contributed by atoms with E-state index in [-0.39, 0.29) is 35.3 Å². The summed E-state index contributed by atoms with van der Waals surface area (Å²) in [6.45, 7) is 2.25. The van der Waals surface area contributed by atoms with Crippen molar-refractivity contribution in [3.8, 4) is 17.2 Å². The molecule has 0 unspecified atom stereocenters. The van der Waals surface area contributed by atoms with Crippen molar-refractivity contribution < 1.29 is 52.4 Å². The van der Waals surface area contributed by atoms with Crippen molar-refractivity contribution in [3.05, 3.63) is 48.0 Å². The Morgan fingerprint density at radius 1 is 0.818 bits per heavy atom. The maximum Gasteiger partial charge on any atom is 1.00 e. The largest absolute Gasteiger partial charge is 1.00 e. The van der Waals surface area contributed by atoms with Crippen molar-refractivity contribution >= 4 is 10.1 Å². The normalized spacial score (nSPS) is 11.2. The molecule has 0 aliphatic carbocycles. The first-order chi connectivity index (χ1) is 15.4. The van der Waals surface area contributed by atoms with Gasteiger partial charge in [-0.15, -0.1) is 0 Å². The van der Waals surface area contributed by atoms with E-state index < -0.39 is 20.8 Å². The average Bonchev–Trinajstić information content (AvgIpc) is 2.76. The van der Waals surface area contributed by atoms with Crippen LogP contribution in [0.25, 0.3) is 0 Å². The number of rotatable bonds is 16. The van der Waals surface area contributed by atoms with E-state index in [1.807, 2.05) is 24.3 Å². The average molecular weight is 485 g/mol. The van der Waals surface area contributed by atoms with Gasteiger partial charge in [-0.1, -0.05) is 108 Å². The Hall–Kier alpha value is -1.05. The quantitative estimate of drug-likeness (QED) is 0.221. The first kappa shape index (κ1) is 30.0. The van der Waals surface area contributed by atoms with Crippen LogP contribution in [0.3, 0.4) is 0 Å². The molecule has 0 aromatic heterocycles. The molecular weight excluding hydrogens is 447 g/mol. The van der Waals surface area contributed by atoms with E-state index in [1.165, 1.54) is 76.7 Å². The van der Waals surface area contributed by atoms with Crippen LogP contribution in [0.4, 0.5) is 0 Å². The fraction of sp³-hybridized carbons (Fsp3) is 0.538. The Balaban J connectivity index is 0.00000544. The predicted octanol–water partition coefficient (Wildman–Crippen LogP) is 4.05. The molecule has 5 nitrogen and oxygen atoms in total. The van der Waals surface area contributed by atoms with Crippen LogP contribution in [0.2, 0.25) is 0 Å². The third-order valence-corrected chi connectivity index (χ3v) is 6.57. The fourth-order valence-electron chi connectivity index (χ4n) is 3.85. The molecule has 0 aliphatic rings. The standard InChI is InChI=1S/C26H38O5S.Na/c1-2-3-4-5-6-7-8-9-10-11-12-13-16-22-17-14-15-18-25(22)31-23-19-20-24(27)26(21-23)32(28,29)30;/h14-15,17-21,27H,2-13,16H2,1H3,(H,28,29,30);/q;+1/p-1. The van der Waals surface area contributed by atoms with Crippen molar-refractivity contribution in [3.63, 3.8) is 0 Å². The Morgan fingerprint density at radius 2 is 1.36 bits per heavy atom. The van der Waals surface area contributed by atoms with Crippen molar-refractivity contribution in [2.75, 3.05) is 0 Å². The first-order valence-corrected chi connectivity index (χ1v) is 13.4. The van der Waals surface area contributed by atoms with Gasteiger partial charge in [-0.3, -0.25) is 4.55 Å². The molecule has 0 radical (unpaired) electrons. The van der Waals surface area contributed by atoms with E-state index in [0.29, 0.717) is 5.75 Å². The van der Waals surface area contributed by atoms with E-state index >= 15 is 0 Å². The minimum absolute atomic E-state index is 0. The van der Waals surface area contributed by atoms with E-state index in [0.717, 1.165) is 30.5 Å². The van der Waals surface area contributed by atoms with Gasteiger partial charge in [0.25, 0.3) is 10.1 Å². The summed E-state index contributed by atoms with van der Waals surface area (Å²) in [5.41, 5.74) is 1.04. The molecule has 0 amide bonds. The van der Waals surface area contributed by atoms with Crippen LogP contribution in [0.5, 0.6) is 17.2 Å². The van der Waals surface area contributed by atoms with Crippen LogP contribution in [-0.4, -0.2) is 13.0 Å². The number of ether oxygens (including phenoxy) is 1. The van der Waals surface area contributed by atoms with Gasteiger partial charge in [0.05, 0.1) is 4.90 Å². The monoisotopic (exact) mass is 484 g/mol. The van der Waals surface area contributed by atoms with Crippen molar-refractivity contribution in [1.82, 2.24) is 0 Å². The van der Waals surface area contributed by atoms with Gasteiger partial charge in [-0.25, -0.2) is 0 Å². The molecule has 0 aliphatic heterocycles. The molecule has 0 bridgehead atoms. The summed E-state index contributed by atoms with van der Waals surface area (Å²) >= 11 is 0. The molecule has 2 aromatic carbocycles. The van der Waals surface area contributed by atoms with Crippen LogP contribution in [-0.2, 0) is 16.5 Å². The Bertz CT molecular complexity index is 915. The summed E-state index contributed by atoms with van der Waals surface area (Å²) in [5.74, 6) is 0.0829. The van der Waals surface area contributed by atoms with E-state index in [1.54, 1.807) is 0 Å². The van der Waals surface area contributed by atoms with Crippen LogP contribution in [0, 0.1) is 0 Å². The molecule has 2 aromatic rings. The fourth-order valence-corrected chi connectivity index (χ4v) is 4.43. The molecule has 1 N–H and O–H groups in total. The SMILES string of the molecule is CCCCCCCCCCCCCCc1ccccc1Oc1ccc([O-])c(S(=O)(=O)O)c1.[Na+]. The number of para-hydroxylation sites is 1. The minimum atomic E-state index is -4.59. The van der Waals surface area contributed by atoms with Crippen LogP contribution < -0.4 is 39.4 Å². The topological polar surface area (TPSA) is 86.7 Å². The van der Waals surface area contributed by atoms with Gasteiger partial charge in [0.2, 0.25) is 0 Å². The van der Waals surface area contributed by atoms with Gasteiger partial charge in [0.1, 0.15) is 11.5 Å². The summed E-state index contributed by atoms with van der Waals surface area (Å²) in [5, 5.41) is 11.7. The Morgan fingerprint density at radius 3 is 1.94 bits per heavy atom. The number of hydrogen-bond acceptors (Lipinski definition) is 4. The number of hydrogen-bond donors (Lipinski definition) is 1. The Labute approximate surface area is 222 Å². The van der Waals surface area contributed by atoms with Crippen molar-refractivity contribution in [1.29, 1.82) is 0 Å². The molecule has 0 saturated carbocycles. The molecule has 0 spiro atoms. The summed E-state index contributed by atoms with van der Waals surface area (Å²) in [4.78, 5) is -0.673. The van der Waals surface area contributed by atoms with E-state index in [9.17, 15) is 18.1 Å². The van der Waals surface area contributed by atoms with Gasteiger partial charge in [-0.05, 0) is 30.5 Å². The maximum atomic E-state index is 11.7. The smallest absolute Gasteiger partial charge is 0.872 e. The summed E-state index contributed by atoms with van der Waals surface area (Å²) in [6, 6.07) is 11.2. The number of benzene rings is 2. The molecule has 2 rings (SSSR count). The van der Waals surface area contributed by atoms with Crippen molar-refractivity contribution in [2.45, 2.75) is 95.3 Å². The van der Waals surface area contributed by atoms with Crippen LogP contribution in [0.1, 0.15) is 89.5 Å². The zero-order valence-corrected chi connectivity index (χ0v) is 23.0. The zero-order valence-electron chi connectivity index (χ0n) is 20.2. The number of aryl methyl sites for hydroxylation is 1. The number of unbranched alkanes of at least 4 members (excludes halogenated alkanes) is 11. The second-order valence-corrected chi connectivity index (χ2v) is 9.82. The molecule has 0 saturated heterocycles. The second kappa shape index (κ2) is 16.6. The molecule has 0 fully saturated rings. The van der Waals surface area contributed by atoms with E-state index in [4.69, 9.17) is 4.74 Å². The summed E-state index contributed by atoms with van der Waals surface area (Å²) in [6.07, 6.45) is 16.5. The molecule has 178 valence electrons. The minimum Gasteiger partial charge on any atom is -0.872 e. The van der Waals surface area contributed by atoms with E-state index in [2.05, 4.69) is 6.92 Å². The zero-order chi connectivity index (χ0) is 23.2. The molecule has 33 heavy (non-hydrogen) atoms. The molecule has 0 heterocycles. The maximum absolute atomic E-state index is 11.7. The first-order valence-electron chi connectivity index (χ1n) is 12.0. The van der Waals surface area contributed by atoms with Crippen LogP contribution in [0.15, 0.2) is 47.4 Å². The van der Waals surface area contributed by atoms with Gasteiger partial charge in [0, 0.05) is 6.07 Å². The van der Waals surface area contributed by atoms with Gasteiger partial charge in [-0.2, -0.15) is 8.42 Å². The van der Waals surface area contributed by atoms with Gasteiger partial charge >= 0.3 is 29.6 Å². The predicted molar refractivity (Wildman–Crippen MR) is 127 cm³/mol. The van der Waals surface area contributed by atoms with Crippen LogP contribution >= 0.6 is 0 Å². The summed E-state index contributed by atoms with van der Waals surface area (Å²) < 4.78 is 37.8. The molecule has 7 heteroatoms. The molecular formula is C26H37NaO5S. The second-order valence-electron chi connectivity index (χ2n) is 8.43. The van der Waals surface area contributed by atoms with Gasteiger partial charge < -0.3 is 9.84 Å². The summed E-state index contributed by atoms with van der Waals surface area (Å²) in [7, 11) is -4.59. The van der Waals surface area contributed by atoms with Crippen molar-refractivity contribution in [2.24, 2.45) is 0 Å². The molecule has 0 atom stereocenters. The Kier molecular flexibility index (Phi) is 15.0. The van der Waals surface area contributed by atoms with Gasteiger partial charge in [0.15, 0.2) is 0 Å². The third kappa shape index (κ3) is 11.8.